The molecule has 0 fully saturated rings. The van der Waals surface area contributed by atoms with Crippen molar-refractivity contribution in [3.63, 3.8) is 0 Å². The Balaban J connectivity index is 3.90. The molecule has 17 heavy (non-hydrogen) atoms. The lowest BCUT2D eigenvalue weighted by molar-refractivity contribution is 0.477. The standard InChI is InChI=1S/C16H34S/c1-5-8-10-12-14-16(4,17-15-7-3)13-11-9-6-2/h5-15H2,1-4H3. The molecular weight excluding hydrogens is 224 g/mol. The summed E-state index contributed by atoms with van der Waals surface area (Å²) in [5.41, 5.74) is 0. The van der Waals surface area contributed by atoms with Crippen molar-refractivity contribution in [1.82, 2.24) is 0 Å². The van der Waals surface area contributed by atoms with Gasteiger partial charge in [0.15, 0.2) is 0 Å². The summed E-state index contributed by atoms with van der Waals surface area (Å²) in [6.45, 7) is 9.41. The lowest BCUT2D eigenvalue weighted by Gasteiger charge is -2.29. The zero-order chi connectivity index (χ0) is 13.0. The van der Waals surface area contributed by atoms with Crippen molar-refractivity contribution in [2.45, 2.75) is 96.7 Å². The number of hydrogen-bond donors (Lipinski definition) is 0. The summed E-state index contributed by atoms with van der Waals surface area (Å²) >= 11 is 2.23. The third kappa shape index (κ3) is 10.00. The molecule has 0 aromatic carbocycles. The second kappa shape index (κ2) is 11.4. The van der Waals surface area contributed by atoms with E-state index in [0.717, 1.165) is 0 Å². The summed E-state index contributed by atoms with van der Waals surface area (Å²) < 4.78 is 0.568. The molecule has 0 radical (unpaired) electrons. The van der Waals surface area contributed by atoms with Gasteiger partial charge in [-0.1, -0.05) is 72.6 Å². The zero-order valence-corrected chi connectivity index (χ0v) is 13.5. The van der Waals surface area contributed by atoms with Crippen LogP contribution in [0.4, 0.5) is 0 Å². The van der Waals surface area contributed by atoms with Gasteiger partial charge in [-0.25, -0.2) is 0 Å². The van der Waals surface area contributed by atoms with Crippen LogP contribution >= 0.6 is 11.8 Å². The average molecular weight is 259 g/mol. The van der Waals surface area contributed by atoms with E-state index >= 15 is 0 Å². The first kappa shape index (κ1) is 17.4. The first-order valence-electron chi connectivity index (χ1n) is 7.82. The van der Waals surface area contributed by atoms with E-state index < -0.39 is 0 Å². The fourth-order valence-corrected chi connectivity index (χ4v) is 3.57. The van der Waals surface area contributed by atoms with E-state index in [9.17, 15) is 0 Å². The van der Waals surface area contributed by atoms with Crippen LogP contribution in [0.1, 0.15) is 91.9 Å². The molecule has 0 aromatic rings. The molecule has 1 unspecified atom stereocenters. The van der Waals surface area contributed by atoms with Gasteiger partial charge in [0.25, 0.3) is 0 Å². The first-order chi connectivity index (χ1) is 8.18. The highest BCUT2D eigenvalue weighted by Gasteiger charge is 2.23. The SMILES string of the molecule is CCCCCCC(C)(CCCCC)SCCC. The second-order valence-corrected chi connectivity index (χ2v) is 7.25. The smallest absolute Gasteiger partial charge is 0.0131 e. The number of unbranched alkanes of at least 4 members (excludes halogenated alkanes) is 5. The van der Waals surface area contributed by atoms with Gasteiger partial charge in [0, 0.05) is 4.75 Å². The van der Waals surface area contributed by atoms with Gasteiger partial charge in [-0.05, 0) is 25.0 Å². The van der Waals surface area contributed by atoms with Gasteiger partial charge in [-0.3, -0.25) is 0 Å². The van der Waals surface area contributed by atoms with Gasteiger partial charge >= 0.3 is 0 Å². The fourth-order valence-electron chi connectivity index (χ4n) is 2.29. The molecule has 1 heteroatoms. The Morgan fingerprint density at radius 1 is 0.706 bits per heavy atom. The van der Waals surface area contributed by atoms with Crippen LogP contribution in [-0.2, 0) is 0 Å². The van der Waals surface area contributed by atoms with Crippen molar-refractivity contribution in [2.75, 3.05) is 5.75 Å². The molecule has 0 aromatic heterocycles. The molecule has 0 saturated heterocycles. The van der Waals surface area contributed by atoms with Crippen LogP contribution in [0.3, 0.4) is 0 Å². The van der Waals surface area contributed by atoms with Gasteiger partial charge in [0.1, 0.15) is 0 Å². The Morgan fingerprint density at radius 2 is 1.24 bits per heavy atom. The predicted molar refractivity (Wildman–Crippen MR) is 84.1 cm³/mol. The minimum Gasteiger partial charge on any atom is -0.155 e. The van der Waals surface area contributed by atoms with Gasteiger partial charge in [-0.2, -0.15) is 11.8 Å². The van der Waals surface area contributed by atoms with Crippen LogP contribution in [0.25, 0.3) is 0 Å². The van der Waals surface area contributed by atoms with Gasteiger partial charge in [0.05, 0.1) is 0 Å². The molecule has 0 amide bonds. The molecule has 0 nitrogen and oxygen atoms in total. The van der Waals surface area contributed by atoms with Crippen molar-refractivity contribution in [1.29, 1.82) is 0 Å². The highest BCUT2D eigenvalue weighted by molar-refractivity contribution is 8.00. The summed E-state index contributed by atoms with van der Waals surface area (Å²) in [4.78, 5) is 0. The highest BCUT2D eigenvalue weighted by atomic mass is 32.2. The summed E-state index contributed by atoms with van der Waals surface area (Å²) in [7, 11) is 0. The largest absolute Gasteiger partial charge is 0.155 e. The molecule has 0 bridgehead atoms. The minimum absolute atomic E-state index is 0.568. The Kier molecular flexibility index (Phi) is 11.7. The normalized spacial score (nSPS) is 14.8. The third-order valence-electron chi connectivity index (χ3n) is 3.52. The van der Waals surface area contributed by atoms with E-state index in [1.807, 2.05) is 0 Å². The molecule has 104 valence electrons. The van der Waals surface area contributed by atoms with Crippen molar-refractivity contribution in [2.24, 2.45) is 0 Å². The molecule has 0 aliphatic rings. The van der Waals surface area contributed by atoms with Crippen molar-refractivity contribution in [3.05, 3.63) is 0 Å². The van der Waals surface area contributed by atoms with Crippen LogP contribution in [0.15, 0.2) is 0 Å². The minimum atomic E-state index is 0.568. The highest BCUT2D eigenvalue weighted by Crippen LogP contribution is 2.36. The van der Waals surface area contributed by atoms with Gasteiger partial charge in [-0.15, -0.1) is 0 Å². The molecule has 0 spiro atoms. The fraction of sp³-hybridized carbons (Fsp3) is 1.00. The zero-order valence-electron chi connectivity index (χ0n) is 12.7. The predicted octanol–water partition coefficient (Wildman–Crippen LogP) is 6.44. The van der Waals surface area contributed by atoms with E-state index in [0.29, 0.717) is 4.75 Å². The number of hydrogen-bond acceptors (Lipinski definition) is 1. The molecule has 0 heterocycles. The Labute approximate surface area is 114 Å². The Morgan fingerprint density at radius 3 is 1.76 bits per heavy atom. The second-order valence-electron chi connectivity index (χ2n) is 5.57. The van der Waals surface area contributed by atoms with E-state index in [-0.39, 0.29) is 0 Å². The van der Waals surface area contributed by atoms with E-state index in [1.165, 1.54) is 70.0 Å². The lowest BCUT2D eigenvalue weighted by Crippen LogP contribution is -2.20. The third-order valence-corrected chi connectivity index (χ3v) is 5.24. The number of thioether (sulfide) groups is 1. The quantitative estimate of drug-likeness (QED) is 0.363. The maximum absolute atomic E-state index is 2.51. The topological polar surface area (TPSA) is 0 Å². The van der Waals surface area contributed by atoms with E-state index in [4.69, 9.17) is 0 Å². The maximum Gasteiger partial charge on any atom is 0.0131 e. The first-order valence-corrected chi connectivity index (χ1v) is 8.81. The van der Waals surface area contributed by atoms with Crippen LogP contribution in [-0.4, -0.2) is 10.5 Å². The molecule has 0 rings (SSSR count). The van der Waals surface area contributed by atoms with Crippen molar-refractivity contribution in [3.8, 4) is 0 Å². The lowest BCUT2D eigenvalue weighted by atomic mass is 9.95. The summed E-state index contributed by atoms with van der Waals surface area (Å²) in [5.74, 6) is 1.34. The van der Waals surface area contributed by atoms with E-state index in [2.05, 4.69) is 39.5 Å². The molecule has 0 aliphatic carbocycles. The Bertz CT molecular complexity index is 156. The Hall–Kier alpha value is 0.350. The summed E-state index contributed by atoms with van der Waals surface area (Å²) in [6.07, 6.45) is 14.0. The molecule has 0 N–H and O–H groups in total. The van der Waals surface area contributed by atoms with Crippen LogP contribution in [0.5, 0.6) is 0 Å². The molecule has 0 saturated carbocycles. The van der Waals surface area contributed by atoms with Crippen LogP contribution in [0, 0.1) is 0 Å². The molecule has 1 atom stereocenters. The van der Waals surface area contributed by atoms with Crippen LogP contribution < -0.4 is 0 Å². The average Bonchev–Trinajstić information content (AvgIpc) is 2.33. The molecule has 0 aliphatic heterocycles. The van der Waals surface area contributed by atoms with Gasteiger partial charge in [0.2, 0.25) is 0 Å². The summed E-state index contributed by atoms with van der Waals surface area (Å²) in [6, 6.07) is 0. The summed E-state index contributed by atoms with van der Waals surface area (Å²) in [5, 5.41) is 0. The molecular formula is C16H34S. The monoisotopic (exact) mass is 258 g/mol. The maximum atomic E-state index is 2.51. The van der Waals surface area contributed by atoms with Crippen LogP contribution in [0.2, 0.25) is 0 Å². The van der Waals surface area contributed by atoms with Crippen molar-refractivity contribution < 1.29 is 0 Å². The van der Waals surface area contributed by atoms with E-state index in [1.54, 1.807) is 0 Å². The number of rotatable bonds is 12. The van der Waals surface area contributed by atoms with Gasteiger partial charge < -0.3 is 0 Å². The van der Waals surface area contributed by atoms with Crippen molar-refractivity contribution >= 4 is 11.8 Å².